The normalized spacial score (nSPS) is 11.1. The highest BCUT2D eigenvalue weighted by molar-refractivity contribution is 7.90. The number of hydrogen-bond donors (Lipinski definition) is 1. The zero-order chi connectivity index (χ0) is 15.6. The summed E-state index contributed by atoms with van der Waals surface area (Å²) in [6.45, 7) is 2.27. The molecular formula is C14H16N4O2S. The number of nitrogens with zero attached hydrogens (tertiary/aromatic N) is 3. The average Bonchev–Trinajstić information content (AvgIpc) is 2.69. The van der Waals surface area contributed by atoms with E-state index in [2.05, 4.69) is 16.5 Å². The number of nitrogens with one attached hydrogen (secondary N) is 1. The van der Waals surface area contributed by atoms with Gasteiger partial charge in [-0.2, -0.15) is 10.4 Å². The van der Waals surface area contributed by atoms with Crippen molar-refractivity contribution in [2.45, 2.75) is 18.4 Å². The predicted molar refractivity (Wildman–Crippen MR) is 79.5 cm³/mol. The Balaban J connectivity index is 2.16. The van der Waals surface area contributed by atoms with Gasteiger partial charge in [0.2, 0.25) is 0 Å². The Morgan fingerprint density at radius 3 is 2.48 bits per heavy atom. The molecule has 1 N–H and O–H groups in total. The van der Waals surface area contributed by atoms with Gasteiger partial charge in [-0.1, -0.05) is 12.1 Å². The molecule has 21 heavy (non-hydrogen) atoms. The first kappa shape index (κ1) is 15.1. The van der Waals surface area contributed by atoms with E-state index in [0.717, 1.165) is 5.56 Å². The third kappa shape index (κ3) is 3.23. The zero-order valence-corrected chi connectivity index (χ0v) is 12.9. The molecule has 1 aromatic carbocycles. The van der Waals surface area contributed by atoms with Crippen molar-refractivity contribution in [3.63, 3.8) is 0 Å². The molecule has 0 saturated heterocycles. The lowest BCUT2D eigenvalue weighted by atomic mass is 10.2. The molecule has 7 heteroatoms. The molecule has 0 aliphatic heterocycles. The summed E-state index contributed by atoms with van der Waals surface area (Å²) in [4.78, 5) is 0.292. The van der Waals surface area contributed by atoms with Gasteiger partial charge in [0.05, 0.1) is 10.6 Å². The number of hydrogen-bond acceptors (Lipinski definition) is 5. The van der Waals surface area contributed by atoms with Crippen molar-refractivity contribution >= 4 is 15.7 Å². The molecule has 0 amide bonds. The maximum Gasteiger partial charge on any atom is 0.175 e. The summed E-state index contributed by atoms with van der Waals surface area (Å²) in [5.41, 5.74) is 2.12. The summed E-state index contributed by atoms with van der Waals surface area (Å²) in [6.07, 6.45) is 1.18. The zero-order valence-electron chi connectivity index (χ0n) is 12.1. The van der Waals surface area contributed by atoms with Crippen molar-refractivity contribution in [3.8, 4) is 6.07 Å². The number of rotatable bonds is 4. The van der Waals surface area contributed by atoms with E-state index < -0.39 is 9.84 Å². The van der Waals surface area contributed by atoms with E-state index in [0.29, 0.717) is 28.5 Å². The van der Waals surface area contributed by atoms with Gasteiger partial charge in [-0.25, -0.2) is 8.42 Å². The van der Waals surface area contributed by atoms with Gasteiger partial charge in [-0.15, -0.1) is 0 Å². The quantitative estimate of drug-likeness (QED) is 0.927. The lowest BCUT2D eigenvalue weighted by Crippen LogP contribution is -2.06. The Hall–Kier alpha value is -2.33. The van der Waals surface area contributed by atoms with Gasteiger partial charge in [0.15, 0.2) is 9.84 Å². The van der Waals surface area contributed by atoms with Crippen LogP contribution in [0.5, 0.6) is 0 Å². The van der Waals surface area contributed by atoms with E-state index in [-0.39, 0.29) is 0 Å². The highest BCUT2D eigenvalue weighted by atomic mass is 32.2. The van der Waals surface area contributed by atoms with E-state index in [4.69, 9.17) is 5.26 Å². The molecule has 0 aliphatic carbocycles. The van der Waals surface area contributed by atoms with Gasteiger partial charge in [0, 0.05) is 19.8 Å². The van der Waals surface area contributed by atoms with Crippen molar-refractivity contribution in [1.29, 1.82) is 5.26 Å². The second-order valence-electron chi connectivity index (χ2n) is 4.81. The van der Waals surface area contributed by atoms with Gasteiger partial charge in [-0.05, 0) is 24.6 Å². The number of aryl methyl sites for hydroxylation is 2. The first-order valence-electron chi connectivity index (χ1n) is 6.29. The van der Waals surface area contributed by atoms with Crippen molar-refractivity contribution in [2.75, 3.05) is 11.6 Å². The Bertz CT molecular complexity index is 799. The molecule has 0 fully saturated rings. The second-order valence-corrected chi connectivity index (χ2v) is 6.83. The van der Waals surface area contributed by atoms with E-state index >= 15 is 0 Å². The lowest BCUT2D eigenvalue weighted by molar-refractivity contribution is 0.602. The number of benzene rings is 1. The molecule has 2 aromatic rings. The largest absolute Gasteiger partial charge is 0.365 e. The Kier molecular flexibility index (Phi) is 4.00. The van der Waals surface area contributed by atoms with Crippen molar-refractivity contribution in [3.05, 3.63) is 41.1 Å². The molecule has 1 aromatic heterocycles. The van der Waals surface area contributed by atoms with Crippen LogP contribution in [0.3, 0.4) is 0 Å². The molecule has 0 radical (unpaired) electrons. The molecule has 0 aliphatic rings. The molecule has 0 bridgehead atoms. The smallest absolute Gasteiger partial charge is 0.175 e. The topological polar surface area (TPSA) is 87.8 Å². The molecule has 0 atom stereocenters. The van der Waals surface area contributed by atoms with E-state index in [1.165, 1.54) is 6.26 Å². The maximum atomic E-state index is 11.4. The second kappa shape index (κ2) is 5.58. The fourth-order valence-corrected chi connectivity index (χ4v) is 2.67. The molecule has 0 saturated carbocycles. The summed E-state index contributed by atoms with van der Waals surface area (Å²) in [6, 6.07) is 8.77. The first-order valence-corrected chi connectivity index (χ1v) is 8.18. The number of sulfone groups is 1. The molecule has 1 heterocycles. The number of anilines is 1. The molecule has 0 spiro atoms. The minimum Gasteiger partial charge on any atom is -0.365 e. The van der Waals surface area contributed by atoms with Crippen molar-refractivity contribution in [1.82, 2.24) is 9.78 Å². The standard InChI is InChI=1S/C14H16N4O2S/c1-10-13(8-15)14(18(2)17-10)16-9-11-4-6-12(7-5-11)21(3,19)20/h4-7,16H,9H2,1-3H3. The van der Waals surface area contributed by atoms with Gasteiger partial charge >= 0.3 is 0 Å². The van der Waals surface area contributed by atoms with E-state index in [1.54, 1.807) is 42.9 Å². The molecular weight excluding hydrogens is 288 g/mol. The highest BCUT2D eigenvalue weighted by Gasteiger charge is 2.12. The summed E-state index contributed by atoms with van der Waals surface area (Å²) in [5, 5.41) is 16.5. The van der Waals surface area contributed by atoms with Crippen LogP contribution in [0, 0.1) is 18.3 Å². The van der Waals surface area contributed by atoms with Crippen molar-refractivity contribution in [2.24, 2.45) is 7.05 Å². The van der Waals surface area contributed by atoms with Gasteiger partial charge < -0.3 is 5.32 Å². The minimum atomic E-state index is -3.18. The number of nitriles is 1. The summed E-state index contributed by atoms with van der Waals surface area (Å²) >= 11 is 0. The summed E-state index contributed by atoms with van der Waals surface area (Å²) < 4.78 is 24.4. The van der Waals surface area contributed by atoms with Gasteiger partial charge in [0.25, 0.3) is 0 Å². The predicted octanol–water partition coefficient (Wildman–Crippen LogP) is 1.62. The van der Waals surface area contributed by atoms with Crippen LogP contribution < -0.4 is 5.32 Å². The van der Waals surface area contributed by atoms with Crippen LogP contribution in [0.1, 0.15) is 16.8 Å². The molecule has 0 unspecified atom stereocenters. The third-order valence-electron chi connectivity index (χ3n) is 3.15. The van der Waals surface area contributed by atoms with Crippen LogP contribution in [0.2, 0.25) is 0 Å². The van der Waals surface area contributed by atoms with Crippen molar-refractivity contribution < 1.29 is 8.42 Å². The Morgan fingerprint density at radius 2 is 1.95 bits per heavy atom. The Labute approximate surface area is 123 Å². The van der Waals surface area contributed by atoms with Crippen LogP contribution >= 0.6 is 0 Å². The highest BCUT2D eigenvalue weighted by Crippen LogP contribution is 2.18. The van der Waals surface area contributed by atoms with Gasteiger partial charge in [-0.3, -0.25) is 4.68 Å². The average molecular weight is 304 g/mol. The number of aromatic nitrogens is 2. The molecule has 110 valence electrons. The summed E-state index contributed by atoms with van der Waals surface area (Å²) in [5.74, 6) is 0.655. The van der Waals surface area contributed by atoms with Crippen LogP contribution in [-0.2, 0) is 23.4 Å². The summed E-state index contributed by atoms with van der Waals surface area (Å²) in [7, 11) is -1.41. The fraction of sp³-hybridized carbons (Fsp3) is 0.286. The van der Waals surface area contributed by atoms with Crippen LogP contribution in [-0.4, -0.2) is 24.5 Å². The monoisotopic (exact) mass is 304 g/mol. The minimum absolute atomic E-state index is 0.292. The van der Waals surface area contributed by atoms with Gasteiger partial charge in [0.1, 0.15) is 17.5 Å². The van der Waals surface area contributed by atoms with Crippen LogP contribution in [0.4, 0.5) is 5.82 Å². The Morgan fingerprint density at radius 1 is 1.33 bits per heavy atom. The van der Waals surface area contributed by atoms with Crippen LogP contribution in [0.15, 0.2) is 29.2 Å². The van der Waals surface area contributed by atoms with E-state index in [1.807, 2.05) is 0 Å². The van der Waals surface area contributed by atoms with E-state index in [9.17, 15) is 8.42 Å². The third-order valence-corrected chi connectivity index (χ3v) is 4.27. The first-order chi connectivity index (χ1) is 9.82. The van der Waals surface area contributed by atoms with Crippen LogP contribution in [0.25, 0.3) is 0 Å². The lowest BCUT2D eigenvalue weighted by Gasteiger charge is -2.08. The molecule has 2 rings (SSSR count). The SMILES string of the molecule is Cc1nn(C)c(NCc2ccc(S(C)(=O)=O)cc2)c1C#N. The maximum absolute atomic E-state index is 11.4. The fourth-order valence-electron chi connectivity index (χ4n) is 2.04. The molecule has 6 nitrogen and oxygen atoms in total.